The summed E-state index contributed by atoms with van der Waals surface area (Å²) in [7, 11) is 1.70. The Kier molecular flexibility index (Phi) is 9.27. The van der Waals surface area contributed by atoms with Crippen LogP contribution in [0.5, 0.6) is 0 Å². The first-order valence-corrected chi connectivity index (χ1v) is 6.99. The predicted octanol–water partition coefficient (Wildman–Crippen LogP) is 2.64. The van der Waals surface area contributed by atoms with Gasteiger partial charge in [-0.15, -0.1) is 0 Å². The summed E-state index contributed by atoms with van der Waals surface area (Å²) >= 11 is 1.35. The molecule has 0 radical (unpaired) electrons. The summed E-state index contributed by atoms with van der Waals surface area (Å²) in [5, 5.41) is 14.5. The van der Waals surface area contributed by atoms with Crippen LogP contribution in [0.3, 0.4) is 0 Å². The van der Waals surface area contributed by atoms with Crippen molar-refractivity contribution >= 4 is 22.9 Å². The van der Waals surface area contributed by atoms with Gasteiger partial charge in [-0.3, -0.25) is 5.41 Å². The Balaban J connectivity index is 0.000000534. The second kappa shape index (κ2) is 10.1. The summed E-state index contributed by atoms with van der Waals surface area (Å²) in [6, 6.07) is 8.19. The number of methoxy groups -OCH3 is 1. The van der Waals surface area contributed by atoms with Crippen LogP contribution in [-0.2, 0) is 21.7 Å². The molecule has 0 aliphatic rings. The molecule has 0 saturated carbocycles. The lowest BCUT2D eigenvalue weighted by Crippen LogP contribution is -2.21. The maximum Gasteiger partial charge on any atom is 0.490 e. The van der Waals surface area contributed by atoms with Crippen LogP contribution in [0.2, 0.25) is 0 Å². The van der Waals surface area contributed by atoms with Crippen LogP contribution in [-0.4, -0.2) is 36.1 Å². The van der Waals surface area contributed by atoms with Crippen molar-refractivity contribution in [3.05, 3.63) is 35.4 Å². The van der Waals surface area contributed by atoms with E-state index >= 15 is 0 Å². The summed E-state index contributed by atoms with van der Waals surface area (Å²) in [6.45, 7) is 0.724. The molecule has 0 aliphatic carbocycles. The summed E-state index contributed by atoms with van der Waals surface area (Å²) in [4.78, 5) is 8.90. The minimum absolute atomic E-state index is 0.163. The molecule has 0 aliphatic heterocycles. The normalized spacial score (nSPS) is 10.5. The number of thioether (sulfide) groups is 1. The molecule has 0 bridgehead atoms. The third kappa shape index (κ3) is 9.24. The summed E-state index contributed by atoms with van der Waals surface area (Å²) < 4.78 is 36.8. The highest BCUT2D eigenvalue weighted by atomic mass is 32.2. The molecule has 9 heteroatoms. The Morgan fingerprint density at radius 2 is 1.86 bits per heavy atom. The van der Waals surface area contributed by atoms with E-state index in [1.807, 2.05) is 12.1 Å². The number of carboxylic acid groups (broad SMARTS) is 1. The van der Waals surface area contributed by atoms with Gasteiger partial charge < -0.3 is 15.6 Å². The number of alkyl halides is 3. The molecule has 4 N–H and O–H groups in total. The van der Waals surface area contributed by atoms with E-state index in [0.717, 1.165) is 18.8 Å². The fraction of sp³-hybridized carbons (Fsp3) is 0.385. The summed E-state index contributed by atoms with van der Waals surface area (Å²) in [6.07, 6.45) is -4.18. The lowest BCUT2D eigenvalue weighted by molar-refractivity contribution is -0.192. The fourth-order valence-electron chi connectivity index (χ4n) is 1.31. The van der Waals surface area contributed by atoms with Gasteiger partial charge in [-0.05, 0) is 17.5 Å². The van der Waals surface area contributed by atoms with E-state index in [4.69, 9.17) is 25.8 Å². The third-order valence-corrected chi connectivity index (χ3v) is 3.09. The Morgan fingerprint density at radius 1 is 1.36 bits per heavy atom. The Hall–Kier alpha value is -1.74. The van der Waals surface area contributed by atoms with E-state index in [1.54, 1.807) is 7.11 Å². The van der Waals surface area contributed by atoms with Gasteiger partial charge in [0.2, 0.25) is 0 Å². The molecule has 0 aromatic heterocycles. The Labute approximate surface area is 130 Å². The predicted molar refractivity (Wildman–Crippen MR) is 78.9 cm³/mol. The van der Waals surface area contributed by atoms with Crippen LogP contribution in [0.25, 0.3) is 0 Å². The molecule has 1 aromatic rings. The van der Waals surface area contributed by atoms with Gasteiger partial charge in [0, 0.05) is 12.9 Å². The molecule has 22 heavy (non-hydrogen) atoms. The topological polar surface area (TPSA) is 96.4 Å². The number of carboxylic acids is 1. The molecule has 0 unspecified atom stereocenters. The first-order valence-electron chi connectivity index (χ1n) is 6.01. The van der Waals surface area contributed by atoms with Crippen molar-refractivity contribution in [2.45, 2.75) is 18.3 Å². The lowest BCUT2D eigenvalue weighted by atomic mass is 10.1. The van der Waals surface area contributed by atoms with Crippen LogP contribution in [0, 0.1) is 5.41 Å². The highest BCUT2D eigenvalue weighted by Gasteiger charge is 2.38. The van der Waals surface area contributed by atoms with Crippen LogP contribution in [0.15, 0.2) is 24.3 Å². The molecule has 124 valence electrons. The maximum atomic E-state index is 10.6. The zero-order chi connectivity index (χ0) is 17.2. The van der Waals surface area contributed by atoms with Gasteiger partial charge in [0.05, 0.1) is 6.61 Å². The Morgan fingerprint density at radius 3 is 2.27 bits per heavy atom. The van der Waals surface area contributed by atoms with E-state index in [2.05, 4.69) is 12.1 Å². The van der Waals surface area contributed by atoms with Crippen molar-refractivity contribution in [3.63, 3.8) is 0 Å². The number of halogens is 3. The summed E-state index contributed by atoms with van der Waals surface area (Å²) in [5.74, 6) is -2.00. The highest BCUT2D eigenvalue weighted by Crippen LogP contribution is 2.16. The van der Waals surface area contributed by atoms with Crippen molar-refractivity contribution in [2.24, 2.45) is 5.73 Å². The molecule has 5 nitrogen and oxygen atoms in total. The maximum absolute atomic E-state index is 10.6. The third-order valence-electron chi connectivity index (χ3n) is 2.32. The van der Waals surface area contributed by atoms with Crippen LogP contribution < -0.4 is 5.73 Å². The zero-order valence-corrected chi connectivity index (χ0v) is 12.6. The number of aliphatic carboxylic acids is 1. The van der Waals surface area contributed by atoms with Crippen molar-refractivity contribution in [3.8, 4) is 0 Å². The van der Waals surface area contributed by atoms with Crippen molar-refractivity contribution in [2.75, 3.05) is 13.7 Å². The molecule has 0 amide bonds. The van der Waals surface area contributed by atoms with E-state index in [1.165, 1.54) is 22.9 Å². The smallest absolute Gasteiger partial charge is 0.475 e. The van der Waals surface area contributed by atoms with E-state index in [0.29, 0.717) is 0 Å². The molecular weight excluding hydrogens is 321 g/mol. The fourth-order valence-corrected chi connectivity index (χ4v) is 1.90. The number of amidine groups is 1. The number of ether oxygens (including phenoxy) is 1. The van der Waals surface area contributed by atoms with E-state index in [-0.39, 0.29) is 5.17 Å². The van der Waals surface area contributed by atoms with Gasteiger partial charge in [0.15, 0.2) is 5.17 Å². The first-order chi connectivity index (χ1) is 10.2. The van der Waals surface area contributed by atoms with Crippen molar-refractivity contribution in [1.82, 2.24) is 0 Å². The molecular formula is C13H17F3N2O3S. The number of hydrogen-bond acceptors (Lipinski definition) is 4. The number of rotatable bonds is 5. The number of nitrogens with two attached hydrogens (primary N) is 1. The molecule has 0 spiro atoms. The molecule has 1 rings (SSSR count). The monoisotopic (exact) mass is 338 g/mol. The minimum atomic E-state index is -5.08. The standard InChI is InChI=1S/C11H16N2OS.C2HF3O2/c1-14-7-6-9-4-2-3-5-10(9)8-15-11(12)13;3-2(4,5)1(6)7/h2-5H,6-8H2,1H3,(H3,12,13);(H,6,7). The van der Waals surface area contributed by atoms with Crippen molar-refractivity contribution < 1.29 is 27.8 Å². The van der Waals surface area contributed by atoms with Crippen LogP contribution >= 0.6 is 11.8 Å². The minimum Gasteiger partial charge on any atom is -0.475 e. The van der Waals surface area contributed by atoms with Crippen LogP contribution in [0.1, 0.15) is 11.1 Å². The Bertz CT molecular complexity index is 496. The quantitative estimate of drug-likeness (QED) is 0.566. The molecule has 0 heterocycles. The van der Waals surface area contributed by atoms with Crippen molar-refractivity contribution in [1.29, 1.82) is 5.41 Å². The number of nitrogens with one attached hydrogen (secondary N) is 1. The molecule has 0 saturated heterocycles. The van der Waals surface area contributed by atoms with Gasteiger partial charge in [-0.25, -0.2) is 4.79 Å². The van der Waals surface area contributed by atoms with Gasteiger partial charge >= 0.3 is 12.1 Å². The molecule has 0 fully saturated rings. The van der Waals surface area contributed by atoms with E-state index < -0.39 is 12.1 Å². The SMILES string of the molecule is COCCc1ccccc1CSC(=N)N.O=C(O)C(F)(F)F. The van der Waals surface area contributed by atoms with Gasteiger partial charge in [-0.2, -0.15) is 13.2 Å². The second-order valence-corrected chi connectivity index (χ2v) is 4.98. The average Bonchev–Trinajstić information content (AvgIpc) is 2.43. The number of hydrogen-bond donors (Lipinski definition) is 3. The molecule has 1 aromatic carbocycles. The van der Waals surface area contributed by atoms with Gasteiger partial charge in [-0.1, -0.05) is 36.0 Å². The van der Waals surface area contributed by atoms with E-state index in [9.17, 15) is 13.2 Å². The van der Waals surface area contributed by atoms with Gasteiger partial charge in [0.1, 0.15) is 0 Å². The molecule has 0 atom stereocenters. The van der Waals surface area contributed by atoms with Crippen LogP contribution in [0.4, 0.5) is 13.2 Å². The number of benzene rings is 1. The lowest BCUT2D eigenvalue weighted by Gasteiger charge is -2.07. The zero-order valence-electron chi connectivity index (χ0n) is 11.8. The summed E-state index contributed by atoms with van der Waals surface area (Å²) in [5.41, 5.74) is 7.81. The second-order valence-electron chi connectivity index (χ2n) is 3.97. The van der Waals surface area contributed by atoms with Gasteiger partial charge in [0.25, 0.3) is 0 Å². The first kappa shape index (κ1) is 20.3. The number of carbonyl (C=O) groups is 1. The highest BCUT2D eigenvalue weighted by molar-refractivity contribution is 8.13. The average molecular weight is 338 g/mol. The largest absolute Gasteiger partial charge is 0.490 e.